The number of likely N-dealkylation sites (N-methyl/N-ethyl adjacent to an activating group) is 7. The Morgan fingerprint density at radius 3 is 1.80 bits per heavy atom. The third-order valence-electron chi connectivity index (χ3n) is 21.9. The van der Waals surface area contributed by atoms with Crippen LogP contribution in [0.25, 0.3) is 0 Å². The van der Waals surface area contributed by atoms with Crippen LogP contribution in [0.15, 0.2) is 18.2 Å². The van der Waals surface area contributed by atoms with Gasteiger partial charge in [0.2, 0.25) is 70.9 Å². The molecular formula is C74H113ClF6N12O13. The quantitative estimate of drug-likeness (QED) is 0.120. The summed E-state index contributed by atoms with van der Waals surface area (Å²) < 4.78 is 87.6. The van der Waals surface area contributed by atoms with Crippen LogP contribution in [0.2, 0.25) is 5.02 Å². The maximum Gasteiger partial charge on any atom is 0.417 e. The molecule has 3 aliphatic carbocycles. The average Bonchev–Trinajstić information content (AvgIpc) is 1.44. The third kappa shape index (κ3) is 24.3. The van der Waals surface area contributed by atoms with Crippen molar-refractivity contribution in [2.24, 2.45) is 23.7 Å². The number of amides is 12. The van der Waals surface area contributed by atoms with E-state index in [0.717, 1.165) is 69.9 Å². The van der Waals surface area contributed by atoms with Gasteiger partial charge in [0.25, 0.3) is 0 Å². The molecule has 0 bridgehead atoms. The van der Waals surface area contributed by atoms with E-state index in [2.05, 4.69) is 16.0 Å². The highest BCUT2D eigenvalue weighted by Gasteiger charge is 2.50. The molecule has 1 spiro atoms. The van der Waals surface area contributed by atoms with Gasteiger partial charge in [-0.2, -0.15) is 26.3 Å². The van der Waals surface area contributed by atoms with Gasteiger partial charge in [0.1, 0.15) is 48.4 Å². The van der Waals surface area contributed by atoms with Gasteiger partial charge in [-0.15, -0.1) is 0 Å². The number of rotatable bonds is 15. The molecule has 596 valence electrons. The number of nitrogens with one attached hydrogen (secondary N) is 3. The molecular weight excluding hydrogens is 1410 g/mol. The number of likely N-dealkylation sites (tertiary alicyclic amines) is 1. The number of carbonyl (C=O) groups excluding carboxylic acids is 12. The van der Waals surface area contributed by atoms with Crippen molar-refractivity contribution in [2.75, 3.05) is 108 Å². The lowest BCUT2D eigenvalue weighted by Gasteiger charge is -2.43. The summed E-state index contributed by atoms with van der Waals surface area (Å²) in [6.45, 7) is 1.60. The van der Waals surface area contributed by atoms with Crippen LogP contribution in [0.4, 0.5) is 26.3 Å². The van der Waals surface area contributed by atoms with Crippen LogP contribution in [-0.2, 0) is 74.9 Å². The number of halogens is 7. The predicted octanol–water partition coefficient (Wildman–Crippen LogP) is 6.84. The van der Waals surface area contributed by atoms with E-state index in [0.29, 0.717) is 83.7 Å². The van der Waals surface area contributed by atoms with Crippen molar-refractivity contribution in [3.05, 3.63) is 34.3 Å². The van der Waals surface area contributed by atoms with E-state index < -0.39 is 206 Å². The second kappa shape index (κ2) is 39.7. The fourth-order valence-electron chi connectivity index (χ4n) is 15.4. The third-order valence-corrected chi connectivity index (χ3v) is 22.3. The zero-order valence-corrected chi connectivity index (χ0v) is 64.4. The van der Waals surface area contributed by atoms with Crippen molar-refractivity contribution < 1.29 is 88.6 Å². The van der Waals surface area contributed by atoms with Crippen LogP contribution in [-0.4, -0.2) is 271 Å². The lowest BCUT2D eigenvalue weighted by Crippen LogP contribution is -2.64. The van der Waals surface area contributed by atoms with Gasteiger partial charge in [-0.25, -0.2) is 0 Å². The van der Waals surface area contributed by atoms with Gasteiger partial charge >= 0.3 is 12.4 Å². The number of benzene rings is 1. The van der Waals surface area contributed by atoms with E-state index in [9.17, 15) is 59.9 Å². The van der Waals surface area contributed by atoms with E-state index in [1.54, 1.807) is 11.8 Å². The molecule has 0 unspecified atom stereocenters. The Balaban J connectivity index is 1.47. The van der Waals surface area contributed by atoms with Gasteiger partial charge in [0.15, 0.2) is 0 Å². The maximum absolute atomic E-state index is 15.8. The highest BCUT2D eigenvalue weighted by atomic mass is 35.5. The second-order valence-corrected chi connectivity index (χ2v) is 30.9. The molecule has 5 aliphatic rings. The van der Waals surface area contributed by atoms with Crippen LogP contribution in [0.3, 0.4) is 0 Å². The van der Waals surface area contributed by atoms with E-state index in [-0.39, 0.29) is 49.5 Å². The Kier molecular flexibility index (Phi) is 32.8. The topological polar surface area (TPSA) is 279 Å². The molecule has 2 heterocycles. The smallest absolute Gasteiger partial charge is 0.370 e. The van der Waals surface area contributed by atoms with Crippen molar-refractivity contribution in [2.45, 2.75) is 230 Å². The summed E-state index contributed by atoms with van der Waals surface area (Å²) in [6.07, 6.45) is -0.431. The Labute approximate surface area is 624 Å². The highest BCUT2D eigenvalue weighted by Crippen LogP contribution is 2.38. The van der Waals surface area contributed by atoms with Crippen LogP contribution in [0.5, 0.6) is 0 Å². The second-order valence-electron chi connectivity index (χ2n) is 30.5. The van der Waals surface area contributed by atoms with Crippen LogP contribution in [0.1, 0.15) is 180 Å². The lowest BCUT2D eigenvalue weighted by molar-refractivity contribution is -0.175. The number of hydrogen-bond acceptors (Lipinski definition) is 13. The molecule has 2 saturated heterocycles. The first-order chi connectivity index (χ1) is 49.8. The lowest BCUT2D eigenvalue weighted by atomic mass is 9.81. The predicted molar refractivity (Wildman–Crippen MR) is 382 cm³/mol. The van der Waals surface area contributed by atoms with Gasteiger partial charge in [0, 0.05) is 69.0 Å². The molecule has 7 atom stereocenters. The molecule has 2 aliphatic heterocycles. The van der Waals surface area contributed by atoms with E-state index in [4.69, 9.17) is 16.3 Å². The van der Waals surface area contributed by atoms with Crippen molar-refractivity contribution in [3.63, 3.8) is 0 Å². The minimum atomic E-state index is -4.85. The standard InChI is InChI=1S/C74H113ClF6N12O13/c1-12-48(4)63-69(103)87(7)44-61(97)85(5)45-62(98)89(9)56(40-49-24-16-13-17-25-49)67(101)86(6)42-58(94)82-54(31-29-50-28-30-52(53(75)39-50)74(79,80)81)66(100)93(36-37-106-46-73(76,77)78)43-59(95)84-72(32-20-21-33-72)71(105)91(11)64(51-26-18-14-19-27-51)70(104)90(10)57(68(102)92-34-22-15-23-35-92)41-60(96)88(8)55(38-47(2)3)65(99)83-63/h28,30,39,47-49,51,54-57,63-64H,12-27,29,31-38,40-46H2,1-11H3,(H,82,94)(H,83,99)(H,84,95)/t48-,54-,55-,56-,57-,63-,64-/m0/s1. The van der Waals surface area contributed by atoms with E-state index in [1.165, 1.54) is 68.9 Å². The summed E-state index contributed by atoms with van der Waals surface area (Å²) in [7, 11) is 9.55. The minimum absolute atomic E-state index is 0.0137. The van der Waals surface area contributed by atoms with Crippen LogP contribution in [0, 0.1) is 23.7 Å². The normalized spacial score (nSPS) is 25.0. The zero-order valence-electron chi connectivity index (χ0n) is 63.6. The molecule has 1 aromatic carbocycles. The number of nitrogens with zero attached hydrogens (tertiary/aromatic N) is 9. The summed E-state index contributed by atoms with van der Waals surface area (Å²) in [4.78, 5) is 190. The molecule has 1 aromatic rings. The van der Waals surface area contributed by atoms with Gasteiger partial charge in [-0.1, -0.05) is 116 Å². The van der Waals surface area contributed by atoms with E-state index >= 15 is 24.0 Å². The molecule has 106 heavy (non-hydrogen) atoms. The van der Waals surface area contributed by atoms with Crippen molar-refractivity contribution in [1.29, 1.82) is 0 Å². The molecule has 32 heteroatoms. The molecule has 12 amide bonds. The van der Waals surface area contributed by atoms with Crippen molar-refractivity contribution in [3.8, 4) is 0 Å². The molecule has 3 saturated carbocycles. The molecule has 5 fully saturated rings. The first-order valence-electron chi connectivity index (χ1n) is 37.6. The summed E-state index contributed by atoms with van der Waals surface area (Å²) in [5, 5.41) is 7.62. The Hall–Kier alpha value is -7.31. The molecule has 0 aromatic heterocycles. The molecule has 6 rings (SSSR count). The summed E-state index contributed by atoms with van der Waals surface area (Å²) in [5.41, 5.74) is -2.79. The minimum Gasteiger partial charge on any atom is -0.370 e. The first kappa shape index (κ1) is 87.6. The van der Waals surface area contributed by atoms with Gasteiger partial charge < -0.3 is 64.8 Å². The summed E-state index contributed by atoms with van der Waals surface area (Å²) in [5.74, 6) is -10.6. The van der Waals surface area contributed by atoms with Gasteiger partial charge in [0.05, 0.1) is 49.8 Å². The largest absolute Gasteiger partial charge is 0.417 e. The summed E-state index contributed by atoms with van der Waals surface area (Å²) in [6, 6.07) is -5.39. The number of ether oxygens (including phenoxy) is 1. The number of hydrogen-bond donors (Lipinski definition) is 3. The fourth-order valence-corrected chi connectivity index (χ4v) is 15.7. The number of aryl methyl sites for hydroxylation is 1. The van der Waals surface area contributed by atoms with Gasteiger partial charge in [-0.3, -0.25) is 57.5 Å². The zero-order chi connectivity index (χ0) is 78.7. The van der Waals surface area contributed by atoms with Crippen molar-refractivity contribution >= 4 is 82.5 Å². The molecule has 3 N–H and O–H groups in total. The fraction of sp³-hybridized carbons (Fsp3) is 0.757. The Bertz CT molecular complexity index is 3230. The molecule has 25 nitrogen and oxygen atoms in total. The van der Waals surface area contributed by atoms with Gasteiger partial charge in [-0.05, 0) is 112 Å². The summed E-state index contributed by atoms with van der Waals surface area (Å²) >= 11 is 6.12. The van der Waals surface area contributed by atoms with Crippen molar-refractivity contribution in [1.82, 2.24) is 60.0 Å². The number of carbonyl (C=O) groups is 12. The first-order valence-corrected chi connectivity index (χ1v) is 37.9. The average molecular weight is 1530 g/mol. The molecule has 0 radical (unpaired) electrons. The van der Waals surface area contributed by atoms with Crippen LogP contribution < -0.4 is 16.0 Å². The SMILES string of the molecule is CC[C@H](C)[C@@H]1NC(=O)[C@H](CC(C)C)N(C)C(=O)C[C@@H](C(=O)N2CCCCC2)N(C)C(=O)[C@H](C2CCCCC2)N(C)C(=O)C2(CCCC2)NC(=O)CN(CCOCC(F)(F)F)C(=O)[C@H](CCc2ccc(C(F)(F)F)c(Cl)c2)NC(=O)CN(C)C(=O)[C@H](CC2CCCCC2)N(C)C(=O)CN(C)C(=O)CN(C)C1=O. The number of piperidine rings is 1. The Morgan fingerprint density at radius 1 is 0.632 bits per heavy atom. The van der Waals surface area contributed by atoms with Crippen LogP contribution >= 0.6 is 11.6 Å². The number of alkyl halides is 6. The maximum atomic E-state index is 15.8. The monoisotopic (exact) mass is 1530 g/mol. The van der Waals surface area contributed by atoms with E-state index in [1.807, 2.05) is 20.8 Å². The highest BCUT2D eigenvalue weighted by molar-refractivity contribution is 6.31. The Morgan fingerprint density at radius 2 is 1.22 bits per heavy atom.